The Kier molecular flexibility index (Phi) is 142. The SMILES string of the molecule is C=C.C=C.C=C.C=C.CC(=O)C(=O)O. The van der Waals surface area contributed by atoms with Crippen LogP contribution in [0.1, 0.15) is 6.92 Å². The molecule has 0 spiro atoms. The number of aliphatic carboxylic acids is 1. The van der Waals surface area contributed by atoms with E-state index >= 15 is 0 Å². The monoisotopic (exact) mass is 200 g/mol. The number of hydrogen-bond acceptors (Lipinski definition) is 2. The zero-order valence-corrected chi connectivity index (χ0v) is 8.92. The lowest BCUT2D eigenvalue weighted by atomic mass is 10.5. The van der Waals surface area contributed by atoms with Gasteiger partial charge in [0.15, 0.2) is 0 Å². The van der Waals surface area contributed by atoms with Crippen LogP contribution in [0.25, 0.3) is 0 Å². The molecule has 0 fully saturated rings. The van der Waals surface area contributed by atoms with E-state index in [1.54, 1.807) is 0 Å². The minimum atomic E-state index is -1.38. The van der Waals surface area contributed by atoms with Gasteiger partial charge in [-0.3, -0.25) is 4.79 Å². The molecule has 0 saturated heterocycles. The van der Waals surface area contributed by atoms with Crippen LogP contribution in [0.3, 0.4) is 0 Å². The summed E-state index contributed by atoms with van der Waals surface area (Å²) in [4.78, 5) is 18.9. The predicted molar refractivity (Wildman–Crippen MR) is 63.3 cm³/mol. The highest BCUT2D eigenvalue weighted by Crippen LogP contribution is 1.61. The van der Waals surface area contributed by atoms with E-state index in [0.717, 1.165) is 6.92 Å². The third-order valence-electron chi connectivity index (χ3n) is 0.301. The Balaban J connectivity index is -0.0000000287. The molecule has 0 aliphatic rings. The lowest BCUT2D eigenvalue weighted by Gasteiger charge is -1.73. The molecule has 0 heterocycles. The third kappa shape index (κ3) is 190. The van der Waals surface area contributed by atoms with Crippen LogP contribution >= 0.6 is 0 Å². The summed E-state index contributed by atoms with van der Waals surface area (Å²) in [5, 5.41) is 7.64. The highest BCUT2D eigenvalue weighted by molar-refractivity contribution is 6.31. The van der Waals surface area contributed by atoms with Crippen molar-refractivity contribution < 1.29 is 14.7 Å². The van der Waals surface area contributed by atoms with E-state index in [1.807, 2.05) is 0 Å². The summed E-state index contributed by atoms with van der Waals surface area (Å²) in [6.07, 6.45) is 0. The number of rotatable bonds is 1. The average molecular weight is 200 g/mol. The minimum Gasteiger partial charge on any atom is -0.476 e. The van der Waals surface area contributed by atoms with Gasteiger partial charge in [0, 0.05) is 6.92 Å². The van der Waals surface area contributed by atoms with E-state index in [0.29, 0.717) is 0 Å². The molecule has 0 aliphatic heterocycles. The quantitative estimate of drug-likeness (QED) is 0.523. The molecule has 0 atom stereocenters. The Bertz CT molecular complexity index is 110. The topological polar surface area (TPSA) is 54.4 Å². The molecule has 0 unspecified atom stereocenters. The van der Waals surface area contributed by atoms with Crippen molar-refractivity contribution in [3.8, 4) is 0 Å². The van der Waals surface area contributed by atoms with Gasteiger partial charge in [-0.05, 0) is 0 Å². The lowest BCUT2D eigenvalue weighted by molar-refractivity contribution is -0.148. The van der Waals surface area contributed by atoms with Gasteiger partial charge >= 0.3 is 5.97 Å². The van der Waals surface area contributed by atoms with Gasteiger partial charge in [-0.15, -0.1) is 52.6 Å². The van der Waals surface area contributed by atoms with E-state index in [-0.39, 0.29) is 0 Å². The predicted octanol–water partition coefficient (Wildman–Crippen LogP) is 2.87. The number of Topliss-reactive ketones (excluding diaryl/α,β-unsaturated/α-hetero) is 1. The maximum absolute atomic E-state index is 9.54. The number of carboxylic acids is 1. The third-order valence-corrected chi connectivity index (χ3v) is 0.301. The molecule has 0 radical (unpaired) electrons. The number of carboxylic acid groups (broad SMARTS) is 1. The molecular weight excluding hydrogens is 180 g/mol. The molecule has 3 nitrogen and oxygen atoms in total. The molecule has 0 aromatic heterocycles. The molecule has 0 amide bonds. The standard InChI is InChI=1S/C3H4O3.4C2H4/c1-2(4)3(5)6;4*1-2/h1H3,(H,5,6);4*1-2H2. The number of carbonyl (C=O) groups excluding carboxylic acids is 1. The second-order valence-electron chi connectivity index (χ2n) is 0.861. The molecule has 0 saturated carbocycles. The minimum absolute atomic E-state index is 0.824. The highest BCUT2D eigenvalue weighted by Gasteiger charge is 1.98. The van der Waals surface area contributed by atoms with Crippen LogP contribution in [0.2, 0.25) is 0 Å². The lowest BCUT2D eigenvalue weighted by Crippen LogP contribution is -2.05. The second-order valence-corrected chi connectivity index (χ2v) is 0.861. The summed E-state index contributed by atoms with van der Waals surface area (Å²) in [5.74, 6) is -2.20. The number of hydrogen-bond donors (Lipinski definition) is 1. The van der Waals surface area contributed by atoms with Gasteiger partial charge in [-0.25, -0.2) is 4.79 Å². The molecular formula is C11H20O3. The number of carbonyl (C=O) groups is 2. The van der Waals surface area contributed by atoms with Crippen molar-refractivity contribution in [2.45, 2.75) is 6.92 Å². The van der Waals surface area contributed by atoms with Gasteiger partial charge in [0.25, 0.3) is 0 Å². The summed E-state index contributed by atoms with van der Waals surface area (Å²) in [6.45, 7) is 25.0. The van der Waals surface area contributed by atoms with Gasteiger partial charge in [0.05, 0.1) is 0 Å². The summed E-state index contributed by atoms with van der Waals surface area (Å²) in [5.41, 5.74) is 0. The molecule has 0 rings (SSSR count). The first-order valence-corrected chi connectivity index (χ1v) is 3.38. The van der Waals surface area contributed by atoms with Crippen molar-refractivity contribution in [3.05, 3.63) is 52.6 Å². The average Bonchev–Trinajstić information content (AvgIpc) is 2.29. The van der Waals surface area contributed by atoms with Crippen molar-refractivity contribution >= 4 is 11.8 Å². The Hall–Kier alpha value is -1.90. The van der Waals surface area contributed by atoms with Gasteiger partial charge in [-0.2, -0.15) is 0 Å². The fourth-order valence-electron chi connectivity index (χ4n) is 0. The van der Waals surface area contributed by atoms with Gasteiger partial charge in [-0.1, -0.05) is 0 Å². The van der Waals surface area contributed by atoms with E-state index in [1.165, 1.54) is 0 Å². The van der Waals surface area contributed by atoms with Crippen LogP contribution in [0.5, 0.6) is 0 Å². The van der Waals surface area contributed by atoms with Gasteiger partial charge < -0.3 is 5.11 Å². The first-order chi connectivity index (χ1) is 6.64. The summed E-state index contributed by atoms with van der Waals surface area (Å²) < 4.78 is 0. The smallest absolute Gasteiger partial charge is 0.371 e. The number of ketones is 1. The Morgan fingerprint density at radius 1 is 0.786 bits per heavy atom. The first kappa shape index (κ1) is 29.6. The van der Waals surface area contributed by atoms with Crippen LogP contribution in [0.4, 0.5) is 0 Å². The zero-order valence-electron chi connectivity index (χ0n) is 8.92. The van der Waals surface area contributed by atoms with Crippen molar-refractivity contribution in [1.82, 2.24) is 0 Å². The van der Waals surface area contributed by atoms with Crippen molar-refractivity contribution in [2.75, 3.05) is 0 Å². The van der Waals surface area contributed by atoms with E-state index < -0.39 is 11.8 Å². The van der Waals surface area contributed by atoms with Crippen molar-refractivity contribution in [1.29, 1.82) is 0 Å². The van der Waals surface area contributed by atoms with Crippen molar-refractivity contribution in [3.63, 3.8) is 0 Å². The molecule has 0 aromatic carbocycles. The van der Waals surface area contributed by atoms with Crippen LogP contribution < -0.4 is 0 Å². The Morgan fingerprint density at radius 3 is 0.857 bits per heavy atom. The summed E-state index contributed by atoms with van der Waals surface area (Å²) in [6, 6.07) is 0. The summed E-state index contributed by atoms with van der Waals surface area (Å²) >= 11 is 0. The zero-order chi connectivity index (χ0) is 13.2. The molecule has 0 aromatic rings. The fourth-order valence-corrected chi connectivity index (χ4v) is 0. The summed E-state index contributed by atoms with van der Waals surface area (Å²) in [7, 11) is 0. The molecule has 0 bridgehead atoms. The first-order valence-electron chi connectivity index (χ1n) is 3.38. The van der Waals surface area contributed by atoms with Crippen LogP contribution in [0, 0.1) is 0 Å². The van der Waals surface area contributed by atoms with Crippen LogP contribution in [-0.4, -0.2) is 16.9 Å². The largest absolute Gasteiger partial charge is 0.476 e. The molecule has 0 aliphatic carbocycles. The van der Waals surface area contributed by atoms with E-state index in [2.05, 4.69) is 52.6 Å². The fraction of sp³-hybridized carbons (Fsp3) is 0.0909. The maximum Gasteiger partial charge on any atom is 0.371 e. The Morgan fingerprint density at radius 2 is 0.857 bits per heavy atom. The second kappa shape index (κ2) is 67.4. The highest BCUT2D eigenvalue weighted by atomic mass is 16.4. The van der Waals surface area contributed by atoms with Gasteiger partial charge in [0.2, 0.25) is 5.78 Å². The molecule has 14 heavy (non-hydrogen) atoms. The maximum atomic E-state index is 9.54. The van der Waals surface area contributed by atoms with Crippen LogP contribution in [-0.2, 0) is 9.59 Å². The Labute approximate surface area is 86.8 Å². The van der Waals surface area contributed by atoms with E-state index in [9.17, 15) is 9.59 Å². The van der Waals surface area contributed by atoms with E-state index in [4.69, 9.17) is 5.11 Å². The van der Waals surface area contributed by atoms with Crippen LogP contribution in [0.15, 0.2) is 52.6 Å². The molecule has 1 N–H and O–H groups in total. The normalized spacial score (nSPS) is 4.36. The molecule has 82 valence electrons. The van der Waals surface area contributed by atoms with Gasteiger partial charge in [0.1, 0.15) is 0 Å². The van der Waals surface area contributed by atoms with Crippen molar-refractivity contribution in [2.24, 2.45) is 0 Å². The molecule has 3 heteroatoms.